The van der Waals surface area contributed by atoms with Crippen LogP contribution < -0.4 is 10.2 Å². The summed E-state index contributed by atoms with van der Waals surface area (Å²) < 4.78 is 0. The maximum Gasteiger partial charge on any atom is 0.128 e. The minimum absolute atomic E-state index is 0.927. The van der Waals surface area contributed by atoms with E-state index >= 15 is 0 Å². The minimum atomic E-state index is 0.927. The lowest BCUT2D eigenvalue weighted by molar-refractivity contribution is 0.846. The molecule has 20 heavy (non-hydrogen) atoms. The van der Waals surface area contributed by atoms with Gasteiger partial charge in [0.05, 0.1) is 11.9 Å². The van der Waals surface area contributed by atoms with Crippen molar-refractivity contribution in [2.75, 3.05) is 29.9 Å². The quantitative estimate of drug-likeness (QED) is 0.832. The molecule has 1 N–H and O–H groups in total. The Hall–Kier alpha value is -2.03. The third-order valence-electron chi connectivity index (χ3n) is 3.42. The van der Waals surface area contributed by atoms with E-state index in [4.69, 9.17) is 0 Å². The molecule has 0 aliphatic heterocycles. The van der Waals surface area contributed by atoms with Crippen LogP contribution in [0.15, 0.2) is 48.7 Å². The Morgan fingerprint density at radius 3 is 2.35 bits per heavy atom. The standard InChI is InChI=1S/C17H23N3/c1-3-20(4-2)17-11-10-16(14-19-17)18-13-12-15-8-6-5-7-9-15/h5-11,14,18H,3-4,12-13H2,1-2H3. The highest BCUT2D eigenvalue weighted by atomic mass is 15.2. The van der Waals surface area contributed by atoms with E-state index in [1.54, 1.807) is 0 Å². The van der Waals surface area contributed by atoms with Gasteiger partial charge < -0.3 is 10.2 Å². The number of hydrogen-bond acceptors (Lipinski definition) is 3. The number of nitrogens with one attached hydrogen (secondary N) is 1. The Bertz CT molecular complexity index is 489. The maximum atomic E-state index is 4.51. The van der Waals surface area contributed by atoms with E-state index in [0.29, 0.717) is 0 Å². The Morgan fingerprint density at radius 1 is 1.00 bits per heavy atom. The first-order valence-corrected chi connectivity index (χ1v) is 7.32. The van der Waals surface area contributed by atoms with E-state index in [2.05, 4.69) is 65.4 Å². The van der Waals surface area contributed by atoms with Crippen LogP contribution in [-0.2, 0) is 6.42 Å². The number of rotatable bonds is 7. The molecule has 0 aliphatic rings. The summed E-state index contributed by atoms with van der Waals surface area (Å²) in [6.07, 6.45) is 2.94. The number of nitrogens with zero attached hydrogens (tertiary/aromatic N) is 2. The van der Waals surface area contributed by atoms with E-state index in [0.717, 1.165) is 37.6 Å². The number of aromatic nitrogens is 1. The van der Waals surface area contributed by atoms with E-state index in [-0.39, 0.29) is 0 Å². The highest BCUT2D eigenvalue weighted by Crippen LogP contribution is 2.13. The van der Waals surface area contributed by atoms with E-state index < -0.39 is 0 Å². The molecule has 0 amide bonds. The minimum Gasteiger partial charge on any atom is -0.383 e. The fraction of sp³-hybridized carbons (Fsp3) is 0.353. The third-order valence-corrected chi connectivity index (χ3v) is 3.42. The van der Waals surface area contributed by atoms with Gasteiger partial charge in [-0.25, -0.2) is 4.98 Å². The Labute approximate surface area is 121 Å². The van der Waals surface area contributed by atoms with Crippen LogP contribution in [0, 0.1) is 0 Å². The molecule has 1 aromatic carbocycles. The summed E-state index contributed by atoms with van der Waals surface area (Å²) in [5.41, 5.74) is 2.43. The summed E-state index contributed by atoms with van der Waals surface area (Å²) in [7, 11) is 0. The first-order chi connectivity index (χ1) is 9.83. The summed E-state index contributed by atoms with van der Waals surface area (Å²) in [4.78, 5) is 6.75. The largest absolute Gasteiger partial charge is 0.383 e. The lowest BCUT2D eigenvalue weighted by atomic mass is 10.1. The molecule has 106 valence electrons. The van der Waals surface area contributed by atoms with Crippen LogP contribution in [0.4, 0.5) is 11.5 Å². The molecule has 0 saturated carbocycles. The molecule has 1 heterocycles. The zero-order valence-electron chi connectivity index (χ0n) is 12.3. The van der Waals surface area contributed by atoms with Crippen molar-refractivity contribution in [1.82, 2.24) is 4.98 Å². The van der Waals surface area contributed by atoms with E-state index in [9.17, 15) is 0 Å². The van der Waals surface area contributed by atoms with Gasteiger partial charge in [0.15, 0.2) is 0 Å². The smallest absolute Gasteiger partial charge is 0.128 e. The van der Waals surface area contributed by atoms with E-state index in [1.807, 2.05) is 12.3 Å². The number of benzene rings is 1. The van der Waals surface area contributed by atoms with Gasteiger partial charge in [-0.2, -0.15) is 0 Å². The van der Waals surface area contributed by atoms with Crippen molar-refractivity contribution >= 4 is 11.5 Å². The molecule has 3 nitrogen and oxygen atoms in total. The fourth-order valence-electron chi connectivity index (χ4n) is 2.22. The van der Waals surface area contributed by atoms with Crippen molar-refractivity contribution in [3.63, 3.8) is 0 Å². The number of hydrogen-bond donors (Lipinski definition) is 1. The third kappa shape index (κ3) is 3.98. The summed E-state index contributed by atoms with van der Waals surface area (Å²) in [5, 5.41) is 3.41. The Kier molecular flexibility index (Phi) is 5.42. The molecular weight excluding hydrogens is 246 g/mol. The van der Waals surface area contributed by atoms with Crippen LogP contribution >= 0.6 is 0 Å². The van der Waals surface area contributed by atoms with Crippen molar-refractivity contribution in [1.29, 1.82) is 0 Å². The second-order valence-electron chi connectivity index (χ2n) is 4.74. The SMILES string of the molecule is CCN(CC)c1ccc(NCCc2ccccc2)cn1. The van der Waals surface area contributed by atoms with Gasteiger partial charge in [0.1, 0.15) is 5.82 Å². The van der Waals surface area contributed by atoms with E-state index in [1.165, 1.54) is 5.56 Å². The molecule has 1 aromatic heterocycles. The summed E-state index contributed by atoms with van der Waals surface area (Å²) >= 11 is 0. The van der Waals surface area contributed by atoms with Gasteiger partial charge in [-0.15, -0.1) is 0 Å². The molecule has 0 radical (unpaired) electrons. The van der Waals surface area contributed by atoms with Gasteiger partial charge in [0.2, 0.25) is 0 Å². The van der Waals surface area contributed by atoms with Gasteiger partial charge in [0, 0.05) is 19.6 Å². The Balaban J connectivity index is 1.85. The first kappa shape index (κ1) is 14.4. The number of anilines is 2. The molecule has 0 fully saturated rings. The average molecular weight is 269 g/mol. The zero-order chi connectivity index (χ0) is 14.2. The topological polar surface area (TPSA) is 28.2 Å². The van der Waals surface area contributed by atoms with Crippen LogP contribution in [0.5, 0.6) is 0 Å². The predicted octanol–water partition coefficient (Wildman–Crippen LogP) is 3.58. The Morgan fingerprint density at radius 2 is 1.75 bits per heavy atom. The lowest BCUT2D eigenvalue weighted by Crippen LogP contribution is -2.22. The van der Waals surface area contributed by atoms with Crippen molar-refractivity contribution in [3.05, 3.63) is 54.2 Å². The zero-order valence-corrected chi connectivity index (χ0v) is 12.3. The molecule has 3 heteroatoms. The monoisotopic (exact) mass is 269 g/mol. The maximum absolute atomic E-state index is 4.51. The van der Waals surface area contributed by atoms with Gasteiger partial charge in [0.25, 0.3) is 0 Å². The lowest BCUT2D eigenvalue weighted by Gasteiger charge is -2.19. The van der Waals surface area contributed by atoms with Gasteiger partial charge in [-0.3, -0.25) is 0 Å². The second kappa shape index (κ2) is 7.53. The van der Waals surface area contributed by atoms with Crippen LogP contribution in [0.25, 0.3) is 0 Å². The summed E-state index contributed by atoms with van der Waals surface area (Å²) in [6, 6.07) is 14.7. The van der Waals surface area contributed by atoms with Crippen molar-refractivity contribution < 1.29 is 0 Å². The molecule has 0 saturated heterocycles. The molecule has 0 atom stereocenters. The molecule has 0 spiro atoms. The summed E-state index contributed by atoms with van der Waals surface area (Å²) in [6.45, 7) is 7.21. The molecule has 2 aromatic rings. The normalized spacial score (nSPS) is 10.3. The average Bonchev–Trinajstić information content (AvgIpc) is 2.51. The summed E-state index contributed by atoms with van der Waals surface area (Å²) in [5.74, 6) is 1.05. The van der Waals surface area contributed by atoms with Gasteiger partial charge in [-0.1, -0.05) is 30.3 Å². The highest BCUT2D eigenvalue weighted by Gasteiger charge is 2.02. The van der Waals surface area contributed by atoms with Crippen LogP contribution in [0.3, 0.4) is 0 Å². The molecule has 0 bridgehead atoms. The van der Waals surface area contributed by atoms with Gasteiger partial charge >= 0.3 is 0 Å². The number of pyridine rings is 1. The van der Waals surface area contributed by atoms with Crippen molar-refractivity contribution in [3.8, 4) is 0 Å². The van der Waals surface area contributed by atoms with Crippen molar-refractivity contribution in [2.24, 2.45) is 0 Å². The van der Waals surface area contributed by atoms with Crippen LogP contribution in [0.2, 0.25) is 0 Å². The molecule has 2 rings (SSSR count). The molecular formula is C17H23N3. The first-order valence-electron chi connectivity index (χ1n) is 7.32. The second-order valence-corrected chi connectivity index (χ2v) is 4.74. The van der Waals surface area contributed by atoms with Gasteiger partial charge in [-0.05, 0) is 38.0 Å². The van der Waals surface area contributed by atoms with Crippen LogP contribution in [0.1, 0.15) is 19.4 Å². The molecule has 0 unspecified atom stereocenters. The van der Waals surface area contributed by atoms with Crippen LogP contribution in [-0.4, -0.2) is 24.6 Å². The molecule has 0 aliphatic carbocycles. The highest BCUT2D eigenvalue weighted by molar-refractivity contribution is 5.48. The van der Waals surface area contributed by atoms with Crippen molar-refractivity contribution in [2.45, 2.75) is 20.3 Å². The predicted molar refractivity (Wildman–Crippen MR) is 86.4 cm³/mol. The fourth-order valence-corrected chi connectivity index (χ4v) is 2.22.